The van der Waals surface area contributed by atoms with E-state index >= 15 is 0 Å². The molecule has 7 heterocycles. The molecule has 0 bridgehead atoms. The standard InChI is InChI=1S/C95H58N8/c96-57-80-92(100-81-33-17-13-29-70(81)76-53-65(39-45-85(76)100)60-21-5-1-6-22-60)94(102-83-35-19-15-31-72(83)78-55-67(41-47-87(78)102)62-25-9-3-10-26-62)91(64-37-43-69(44-38-64)99-89-58-97-51-49-74(89)75-50-52-98-59-90(75)99)95(103-84-36-20-16-32-73(84)79-56-68(42-48-88(79)103)63-27-11-4-12-28-63)93(80)101-82-34-18-14-30-71(82)77-54-66(40-46-86(77)101)61-23-7-2-8-24-61/h1-56,58-59H. The fourth-order valence-electron chi connectivity index (χ4n) is 16.8. The fourth-order valence-corrected chi connectivity index (χ4v) is 16.8. The van der Waals surface area contributed by atoms with Crippen LogP contribution in [0, 0.1) is 11.3 Å². The van der Waals surface area contributed by atoms with Gasteiger partial charge in [-0.05, 0) is 147 Å². The van der Waals surface area contributed by atoms with E-state index in [1.807, 2.05) is 24.8 Å². The summed E-state index contributed by atoms with van der Waals surface area (Å²) in [6.07, 6.45) is 7.65. The third-order valence-electron chi connectivity index (χ3n) is 21.3. The number of rotatable bonds is 10. The van der Waals surface area contributed by atoms with E-state index in [-0.39, 0.29) is 0 Å². The second kappa shape index (κ2) is 23.0. The number of pyridine rings is 2. The van der Waals surface area contributed by atoms with Crippen molar-refractivity contribution < 1.29 is 0 Å². The van der Waals surface area contributed by atoms with Crippen LogP contribution in [-0.2, 0) is 0 Å². The minimum atomic E-state index is 0.485. The van der Waals surface area contributed by atoms with Crippen molar-refractivity contribution in [2.45, 2.75) is 0 Å². The first-order chi connectivity index (χ1) is 51.1. The summed E-state index contributed by atoms with van der Waals surface area (Å²) < 4.78 is 12.1. The molecule has 8 nitrogen and oxygen atoms in total. The van der Waals surface area contributed by atoms with Crippen molar-refractivity contribution in [2.75, 3.05) is 0 Å². The van der Waals surface area contributed by atoms with E-state index in [1.54, 1.807) is 0 Å². The highest BCUT2D eigenvalue weighted by molar-refractivity contribution is 6.19. The molecule has 0 N–H and O–H groups in total. The molecule has 14 aromatic carbocycles. The zero-order valence-electron chi connectivity index (χ0n) is 55.6. The van der Waals surface area contributed by atoms with Crippen LogP contribution in [0.4, 0.5) is 0 Å². The molecule has 7 aromatic heterocycles. The second-order valence-electron chi connectivity index (χ2n) is 26.7. The van der Waals surface area contributed by atoms with Crippen LogP contribution < -0.4 is 0 Å². The number of fused-ring (bicyclic) bond motifs is 15. The highest BCUT2D eigenvalue weighted by atomic mass is 15.1. The Morgan fingerprint density at radius 3 is 0.806 bits per heavy atom. The van der Waals surface area contributed by atoms with Crippen molar-refractivity contribution in [3.05, 3.63) is 358 Å². The third-order valence-corrected chi connectivity index (χ3v) is 21.3. The molecule has 0 atom stereocenters. The molecular formula is C95H58N8. The first-order valence-electron chi connectivity index (χ1n) is 34.9. The van der Waals surface area contributed by atoms with Gasteiger partial charge in [-0.15, -0.1) is 0 Å². The van der Waals surface area contributed by atoms with Crippen molar-refractivity contribution in [1.29, 1.82) is 5.26 Å². The molecule has 0 aliphatic carbocycles. The van der Waals surface area contributed by atoms with E-state index < -0.39 is 0 Å². The van der Waals surface area contributed by atoms with Crippen LogP contribution in [0.2, 0.25) is 0 Å². The lowest BCUT2D eigenvalue weighted by atomic mass is 9.93. The number of hydrogen-bond donors (Lipinski definition) is 0. The lowest BCUT2D eigenvalue weighted by Gasteiger charge is -2.29. The molecule has 0 aliphatic heterocycles. The maximum atomic E-state index is 13.6. The molecule has 0 aliphatic rings. The maximum Gasteiger partial charge on any atom is 0.104 e. The summed E-state index contributed by atoms with van der Waals surface area (Å²) in [5, 5.41) is 24.3. The summed E-state index contributed by atoms with van der Waals surface area (Å²) in [7, 11) is 0. The molecule has 0 amide bonds. The first-order valence-corrected chi connectivity index (χ1v) is 34.9. The minimum absolute atomic E-state index is 0.485. The van der Waals surface area contributed by atoms with E-state index in [9.17, 15) is 5.26 Å². The summed E-state index contributed by atoms with van der Waals surface area (Å²) in [4.78, 5) is 9.43. The highest BCUT2D eigenvalue weighted by Gasteiger charge is 2.36. The van der Waals surface area contributed by atoms with Crippen molar-refractivity contribution >= 4 is 109 Å². The lowest BCUT2D eigenvalue weighted by molar-refractivity contribution is 1.04. The largest absolute Gasteiger partial charge is 0.306 e. The number of aromatic nitrogens is 7. The van der Waals surface area contributed by atoms with E-state index in [1.165, 1.54) is 0 Å². The average molecular weight is 1310 g/mol. The van der Waals surface area contributed by atoms with Crippen molar-refractivity contribution in [3.63, 3.8) is 0 Å². The monoisotopic (exact) mass is 1310 g/mol. The predicted octanol–water partition coefficient (Wildman–Crippen LogP) is 24.2. The van der Waals surface area contributed by atoms with Gasteiger partial charge in [0.15, 0.2) is 0 Å². The zero-order valence-corrected chi connectivity index (χ0v) is 55.6. The van der Waals surface area contributed by atoms with Gasteiger partial charge in [-0.1, -0.05) is 231 Å². The minimum Gasteiger partial charge on any atom is -0.306 e. The topological polar surface area (TPSA) is 74.2 Å². The smallest absolute Gasteiger partial charge is 0.104 e. The summed E-state index contributed by atoms with van der Waals surface area (Å²) >= 11 is 0. The van der Waals surface area contributed by atoms with E-state index in [0.717, 1.165) is 193 Å². The normalized spacial score (nSPS) is 11.9. The molecular weight excluding hydrogens is 1250 g/mol. The van der Waals surface area contributed by atoms with Crippen LogP contribution in [0.5, 0.6) is 0 Å². The molecule has 0 radical (unpaired) electrons. The molecule has 0 fully saturated rings. The van der Waals surface area contributed by atoms with Crippen molar-refractivity contribution in [1.82, 2.24) is 32.8 Å². The molecule has 8 heteroatoms. The number of benzene rings is 14. The van der Waals surface area contributed by atoms with Crippen molar-refractivity contribution in [2.24, 2.45) is 0 Å². The zero-order chi connectivity index (χ0) is 67.8. The Morgan fingerprint density at radius 1 is 0.214 bits per heavy atom. The number of nitrogens with zero attached hydrogens (tertiary/aromatic N) is 8. The summed E-state index contributed by atoms with van der Waals surface area (Å²) in [6.45, 7) is 0. The fraction of sp³-hybridized carbons (Fsp3) is 0. The molecule has 103 heavy (non-hydrogen) atoms. The van der Waals surface area contributed by atoms with E-state index in [4.69, 9.17) is 9.97 Å². The summed E-state index contributed by atoms with van der Waals surface area (Å²) in [6, 6.07) is 122. The Bertz CT molecular complexity index is 6690. The average Bonchev–Trinajstić information content (AvgIpc) is 1.57. The second-order valence-corrected chi connectivity index (χ2v) is 26.7. The van der Waals surface area contributed by atoms with Crippen LogP contribution in [0.1, 0.15) is 5.56 Å². The Kier molecular flexibility index (Phi) is 12.9. The molecule has 21 rings (SSSR count). The highest BCUT2D eigenvalue weighted by Crippen LogP contribution is 2.53. The van der Waals surface area contributed by atoms with Gasteiger partial charge in [0.05, 0.1) is 90.3 Å². The van der Waals surface area contributed by atoms with Gasteiger partial charge in [0, 0.05) is 77.5 Å². The third kappa shape index (κ3) is 8.77. The first kappa shape index (κ1) is 57.9. The molecule has 0 saturated heterocycles. The molecule has 0 unspecified atom stereocenters. The molecule has 0 saturated carbocycles. The van der Waals surface area contributed by atoms with Gasteiger partial charge in [0.25, 0.3) is 0 Å². The van der Waals surface area contributed by atoms with Gasteiger partial charge in [0.1, 0.15) is 11.6 Å². The lowest BCUT2D eigenvalue weighted by Crippen LogP contribution is -2.16. The Hall–Kier alpha value is -14.1. The Labute approximate surface area is 591 Å². The number of para-hydroxylation sites is 4. The number of nitriles is 1. The Balaban J connectivity index is 1.02. The molecule has 21 aromatic rings. The van der Waals surface area contributed by atoms with Crippen LogP contribution in [-0.4, -0.2) is 32.8 Å². The van der Waals surface area contributed by atoms with E-state index in [0.29, 0.717) is 5.56 Å². The SMILES string of the molecule is N#Cc1c(-n2c3ccccc3c3cc(-c4ccccc4)ccc32)c(-n2c3ccccc3c3cc(-c4ccccc4)ccc32)c(-c2ccc(-n3c4cnccc4c4ccncc43)cc2)c(-n2c3ccccc3c3cc(-c4ccccc4)ccc32)c1-n1c2ccccc2c2cc(-c3ccccc3)ccc21. The van der Waals surface area contributed by atoms with Crippen LogP contribution in [0.25, 0.3) is 193 Å². The van der Waals surface area contributed by atoms with Gasteiger partial charge in [0.2, 0.25) is 0 Å². The van der Waals surface area contributed by atoms with Gasteiger partial charge in [-0.25, -0.2) is 0 Å². The maximum absolute atomic E-state index is 13.6. The summed E-state index contributed by atoms with van der Waals surface area (Å²) in [5.74, 6) is 0. The van der Waals surface area contributed by atoms with Crippen molar-refractivity contribution in [3.8, 4) is 90.1 Å². The molecule has 478 valence electrons. The van der Waals surface area contributed by atoms with Crippen LogP contribution in [0.3, 0.4) is 0 Å². The van der Waals surface area contributed by atoms with Crippen LogP contribution >= 0.6 is 0 Å². The van der Waals surface area contributed by atoms with Gasteiger partial charge in [-0.2, -0.15) is 5.26 Å². The van der Waals surface area contributed by atoms with Gasteiger partial charge in [-0.3, -0.25) is 9.97 Å². The Morgan fingerprint density at radius 2 is 0.485 bits per heavy atom. The predicted molar refractivity (Wildman–Crippen MR) is 426 cm³/mol. The van der Waals surface area contributed by atoms with Crippen LogP contribution in [0.15, 0.2) is 352 Å². The summed E-state index contributed by atoms with van der Waals surface area (Å²) in [5.41, 5.74) is 25.0. The van der Waals surface area contributed by atoms with E-state index in [2.05, 4.69) is 356 Å². The molecule has 0 spiro atoms. The van der Waals surface area contributed by atoms with Gasteiger partial charge < -0.3 is 22.8 Å². The number of hydrogen-bond acceptors (Lipinski definition) is 3. The quantitative estimate of drug-likeness (QED) is 0.137. The van der Waals surface area contributed by atoms with Gasteiger partial charge >= 0.3 is 0 Å².